The maximum Gasteiger partial charge on any atom is 0.315 e. The van der Waals surface area contributed by atoms with E-state index in [-0.39, 0.29) is 18.7 Å². The molecule has 2 aromatic rings. The van der Waals surface area contributed by atoms with Gasteiger partial charge in [-0.2, -0.15) is 0 Å². The van der Waals surface area contributed by atoms with Crippen molar-refractivity contribution in [1.29, 1.82) is 0 Å². The predicted molar refractivity (Wildman–Crippen MR) is 107 cm³/mol. The molecule has 5 heteroatoms. The molecule has 27 heavy (non-hydrogen) atoms. The van der Waals surface area contributed by atoms with Crippen molar-refractivity contribution in [2.24, 2.45) is 5.92 Å². The number of nitrogens with one attached hydrogen (secondary N) is 2. The average Bonchev–Trinajstić information content (AvgIpc) is 2.73. The van der Waals surface area contributed by atoms with Gasteiger partial charge in [0.1, 0.15) is 0 Å². The Morgan fingerprint density at radius 2 is 1.67 bits per heavy atom. The largest absolute Gasteiger partial charge is 0.394 e. The minimum absolute atomic E-state index is 0.116. The number of aliphatic hydroxyl groups is 1. The summed E-state index contributed by atoms with van der Waals surface area (Å²) in [5.74, 6) is 0.507. The van der Waals surface area contributed by atoms with Crippen LogP contribution in [0, 0.1) is 5.92 Å². The van der Waals surface area contributed by atoms with Crippen LogP contribution in [-0.2, 0) is 6.54 Å². The van der Waals surface area contributed by atoms with Gasteiger partial charge in [-0.1, -0.05) is 60.7 Å². The Kier molecular flexibility index (Phi) is 7.25. The van der Waals surface area contributed by atoms with Gasteiger partial charge in [0, 0.05) is 13.1 Å². The Bertz CT molecular complexity index is 685. The quantitative estimate of drug-likeness (QED) is 0.705. The van der Waals surface area contributed by atoms with Crippen LogP contribution in [0.15, 0.2) is 60.7 Å². The molecule has 0 aromatic heterocycles. The summed E-state index contributed by atoms with van der Waals surface area (Å²) in [6, 6.07) is 19.5. The number of rotatable bonds is 7. The fourth-order valence-corrected chi connectivity index (χ4v) is 3.56. The monoisotopic (exact) mass is 367 g/mol. The maximum atomic E-state index is 12.2. The molecule has 1 unspecified atom stereocenters. The third-order valence-electron chi connectivity index (χ3n) is 5.20. The van der Waals surface area contributed by atoms with Gasteiger partial charge in [0.2, 0.25) is 0 Å². The molecule has 1 heterocycles. The lowest BCUT2D eigenvalue weighted by Gasteiger charge is -2.32. The van der Waals surface area contributed by atoms with Crippen LogP contribution < -0.4 is 10.6 Å². The molecule has 1 aliphatic heterocycles. The number of aliphatic hydroxyl groups excluding tert-OH is 1. The molecular formula is C22H29N3O2. The first kappa shape index (κ1) is 19.4. The van der Waals surface area contributed by atoms with Gasteiger partial charge in [-0.25, -0.2) is 4.79 Å². The van der Waals surface area contributed by atoms with Crippen molar-refractivity contribution in [3.63, 3.8) is 0 Å². The number of hydrogen-bond acceptors (Lipinski definition) is 3. The molecular weight excluding hydrogens is 338 g/mol. The van der Waals surface area contributed by atoms with E-state index in [1.165, 1.54) is 5.56 Å². The van der Waals surface area contributed by atoms with Gasteiger partial charge in [0.25, 0.3) is 0 Å². The summed E-state index contributed by atoms with van der Waals surface area (Å²) in [5.41, 5.74) is 2.26. The summed E-state index contributed by atoms with van der Waals surface area (Å²) in [4.78, 5) is 14.7. The summed E-state index contributed by atoms with van der Waals surface area (Å²) in [7, 11) is 0. The van der Waals surface area contributed by atoms with Crippen LogP contribution in [0.5, 0.6) is 0 Å². The van der Waals surface area contributed by atoms with Crippen molar-refractivity contribution in [2.75, 3.05) is 26.2 Å². The van der Waals surface area contributed by atoms with Crippen LogP contribution in [-0.4, -0.2) is 42.3 Å². The number of carbonyl (C=O) groups excluding carboxylic acids is 1. The average molecular weight is 367 g/mol. The van der Waals surface area contributed by atoms with Crippen LogP contribution in [0.2, 0.25) is 0 Å². The number of nitrogens with zero attached hydrogens (tertiary/aromatic N) is 1. The Hall–Kier alpha value is -2.37. The summed E-state index contributed by atoms with van der Waals surface area (Å²) < 4.78 is 0. The molecule has 0 radical (unpaired) electrons. The van der Waals surface area contributed by atoms with Crippen LogP contribution in [0.4, 0.5) is 4.79 Å². The Morgan fingerprint density at radius 1 is 1.04 bits per heavy atom. The molecule has 1 atom stereocenters. The number of carbonyl (C=O) groups is 1. The van der Waals surface area contributed by atoms with E-state index in [1.54, 1.807) is 0 Å². The van der Waals surface area contributed by atoms with Gasteiger partial charge in [-0.3, -0.25) is 4.90 Å². The summed E-state index contributed by atoms with van der Waals surface area (Å²) >= 11 is 0. The van der Waals surface area contributed by atoms with Crippen LogP contribution >= 0.6 is 0 Å². The van der Waals surface area contributed by atoms with Crippen molar-refractivity contribution in [3.05, 3.63) is 71.8 Å². The lowest BCUT2D eigenvalue weighted by atomic mass is 9.96. The van der Waals surface area contributed by atoms with Crippen molar-refractivity contribution in [1.82, 2.24) is 15.5 Å². The zero-order valence-electron chi connectivity index (χ0n) is 15.7. The van der Waals surface area contributed by atoms with Crippen molar-refractivity contribution in [3.8, 4) is 0 Å². The lowest BCUT2D eigenvalue weighted by Crippen LogP contribution is -2.43. The number of hydrogen-bond donors (Lipinski definition) is 3. The van der Waals surface area contributed by atoms with Crippen LogP contribution in [0.25, 0.3) is 0 Å². The van der Waals surface area contributed by atoms with E-state index in [0.29, 0.717) is 12.5 Å². The second kappa shape index (κ2) is 10.1. The minimum atomic E-state index is -0.376. The third-order valence-corrected chi connectivity index (χ3v) is 5.20. The molecule has 1 fully saturated rings. The topological polar surface area (TPSA) is 64.6 Å². The molecule has 5 nitrogen and oxygen atoms in total. The van der Waals surface area contributed by atoms with Gasteiger partial charge in [-0.05, 0) is 43.0 Å². The first-order chi connectivity index (χ1) is 13.2. The zero-order chi connectivity index (χ0) is 18.9. The smallest absolute Gasteiger partial charge is 0.315 e. The molecule has 2 aromatic carbocycles. The molecule has 0 saturated carbocycles. The van der Waals surface area contributed by atoms with E-state index in [2.05, 4.69) is 39.8 Å². The summed E-state index contributed by atoms with van der Waals surface area (Å²) in [6.45, 7) is 3.68. The molecule has 0 aliphatic carbocycles. The molecule has 0 bridgehead atoms. The highest BCUT2D eigenvalue weighted by Gasteiger charge is 2.20. The highest BCUT2D eigenvalue weighted by Crippen LogP contribution is 2.18. The number of benzene rings is 2. The number of piperidine rings is 1. The van der Waals surface area contributed by atoms with Gasteiger partial charge in [-0.15, -0.1) is 0 Å². The van der Waals surface area contributed by atoms with Crippen LogP contribution in [0.3, 0.4) is 0 Å². The molecule has 144 valence electrons. The normalized spacial score (nSPS) is 16.6. The number of urea groups is 1. The van der Waals surface area contributed by atoms with E-state index in [1.807, 2.05) is 36.4 Å². The Balaban J connectivity index is 1.37. The third kappa shape index (κ3) is 6.08. The van der Waals surface area contributed by atoms with Gasteiger partial charge < -0.3 is 15.7 Å². The number of amides is 2. The van der Waals surface area contributed by atoms with E-state index in [4.69, 9.17) is 0 Å². The molecule has 1 aliphatic rings. The van der Waals surface area contributed by atoms with Gasteiger partial charge >= 0.3 is 6.03 Å². The highest BCUT2D eigenvalue weighted by atomic mass is 16.3. The highest BCUT2D eigenvalue weighted by molar-refractivity contribution is 5.74. The number of likely N-dealkylation sites (tertiary alicyclic amines) is 1. The second-order valence-corrected chi connectivity index (χ2v) is 7.21. The first-order valence-corrected chi connectivity index (χ1v) is 9.71. The fourth-order valence-electron chi connectivity index (χ4n) is 3.56. The first-order valence-electron chi connectivity index (χ1n) is 9.71. The van der Waals surface area contributed by atoms with Crippen molar-refractivity contribution < 1.29 is 9.90 Å². The molecule has 0 spiro atoms. The van der Waals surface area contributed by atoms with E-state index in [0.717, 1.165) is 38.0 Å². The van der Waals surface area contributed by atoms with Crippen molar-refractivity contribution >= 4 is 6.03 Å². The Morgan fingerprint density at radius 3 is 2.30 bits per heavy atom. The second-order valence-electron chi connectivity index (χ2n) is 7.21. The molecule has 2 amide bonds. The SMILES string of the molecule is O=C(NCC1CCN(Cc2ccccc2)CC1)NC(CO)c1ccccc1. The van der Waals surface area contributed by atoms with E-state index in [9.17, 15) is 9.90 Å². The maximum absolute atomic E-state index is 12.2. The van der Waals surface area contributed by atoms with Gasteiger partial charge in [0.15, 0.2) is 0 Å². The van der Waals surface area contributed by atoms with Gasteiger partial charge in [0.05, 0.1) is 12.6 Å². The summed E-state index contributed by atoms with van der Waals surface area (Å²) in [6.07, 6.45) is 2.18. The fraction of sp³-hybridized carbons (Fsp3) is 0.409. The predicted octanol–water partition coefficient (Wildman–Crippen LogP) is 2.93. The van der Waals surface area contributed by atoms with E-state index < -0.39 is 0 Å². The molecule has 1 saturated heterocycles. The Labute approximate surface area is 161 Å². The summed E-state index contributed by atoms with van der Waals surface area (Å²) in [5, 5.41) is 15.4. The van der Waals surface area contributed by atoms with Crippen molar-refractivity contribution in [2.45, 2.75) is 25.4 Å². The lowest BCUT2D eigenvalue weighted by molar-refractivity contribution is 0.173. The van der Waals surface area contributed by atoms with Crippen LogP contribution in [0.1, 0.15) is 30.0 Å². The molecule has 3 rings (SSSR count). The molecule has 3 N–H and O–H groups in total. The zero-order valence-corrected chi connectivity index (χ0v) is 15.7. The standard InChI is InChI=1S/C22H29N3O2/c26-17-21(20-9-5-2-6-10-20)24-22(27)23-15-18-11-13-25(14-12-18)16-19-7-3-1-4-8-19/h1-10,18,21,26H,11-17H2,(H2,23,24,27). The minimum Gasteiger partial charge on any atom is -0.394 e. The van der Waals surface area contributed by atoms with E-state index >= 15 is 0 Å².